The molecule has 1 unspecified atom stereocenters. The molecule has 2 aliphatic rings. The Kier molecular flexibility index (Phi) is 6.61. The molecule has 23 heavy (non-hydrogen) atoms. The van der Waals surface area contributed by atoms with Crippen LogP contribution in [-0.4, -0.2) is 43.7 Å². The summed E-state index contributed by atoms with van der Waals surface area (Å²) >= 11 is 12.0. The second-order valence-electron chi connectivity index (χ2n) is 6.77. The van der Waals surface area contributed by atoms with E-state index in [2.05, 4.69) is 10.2 Å². The van der Waals surface area contributed by atoms with Crippen molar-refractivity contribution in [1.82, 2.24) is 10.2 Å². The number of ether oxygens (including phenoxy) is 1. The summed E-state index contributed by atoms with van der Waals surface area (Å²) in [6, 6.07) is 5.72. The lowest BCUT2D eigenvalue weighted by Gasteiger charge is -2.35. The van der Waals surface area contributed by atoms with Gasteiger partial charge in [0, 0.05) is 19.6 Å². The molecule has 2 fully saturated rings. The van der Waals surface area contributed by atoms with Gasteiger partial charge in [-0.2, -0.15) is 0 Å². The average molecular weight is 357 g/mol. The van der Waals surface area contributed by atoms with Crippen LogP contribution in [0.25, 0.3) is 0 Å². The van der Waals surface area contributed by atoms with Crippen LogP contribution in [0.1, 0.15) is 31.2 Å². The molecule has 2 saturated heterocycles. The highest BCUT2D eigenvalue weighted by atomic mass is 35.5. The van der Waals surface area contributed by atoms with Gasteiger partial charge in [0.2, 0.25) is 0 Å². The smallest absolute Gasteiger partial charge is 0.0721 e. The van der Waals surface area contributed by atoms with Gasteiger partial charge in [-0.3, -0.25) is 0 Å². The first kappa shape index (κ1) is 17.5. The fourth-order valence-electron chi connectivity index (χ4n) is 3.55. The van der Waals surface area contributed by atoms with E-state index in [0.29, 0.717) is 22.8 Å². The standard InChI is InChI=1S/C18H26Cl2N2O/c19-17-4-3-14(10-18(17)20)13-23-16-5-8-22(9-6-16)12-15-2-1-7-21-11-15/h3-4,10,15-16,21H,1-2,5-9,11-13H2. The molecule has 1 atom stereocenters. The van der Waals surface area contributed by atoms with E-state index in [1.165, 1.54) is 32.5 Å². The molecule has 0 spiro atoms. The van der Waals surface area contributed by atoms with E-state index < -0.39 is 0 Å². The number of piperidine rings is 2. The van der Waals surface area contributed by atoms with Gasteiger partial charge in [0.25, 0.3) is 0 Å². The molecule has 3 rings (SSSR count). The molecule has 1 N–H and O–H groups in total. The van der Waals surface area contributed by atoms with Crippen molar-refractivity contribution in [1.29, 1.82) is 0 Å². The van der Waals surface area contributed by atoms with Crippen molar-refractivity contribution < 1.29 is 4.74 Å². The minimum absolute atomic E-state index is 0.366. The summed E-state index contributed by atoms with van der Waals surface area (Å²) in [4.78, 5) is 2.61. The maximum atomic E-state index is 6.06. The third-order valence-corrected chi connectivity index (χ3v) is 5.66. The number of benzene rings is 1. The van der Waals surface area contributed by atoms with Gasteiger partial charge in [-0.05, 0) is 62.4 Å². The Morgan fingerprint density at radius 2 is 1.96 bits per heavy atom. The molecule has 2 heterocycles. The molecule has 5 heteroatoms. The largest absolute Gasteiger partial charge is 0.373 e. The predicted molar refractivity (Wildman–Crippen MR) is 96.3 cm³/mol. The Labute approximate surface area is 149 Å². The van der Waals surface area contributed by atoms with Gasteiger partial charge in [-0.1, -0.05) is 29.3 Å². The topological polar surface area (TPSA) is 24.5 Å². The number of likely N-dealkylation sites (tertiary alicyclic amines) is 1. The first-order chi connectivity index (χ1) is 11.2. The summed E-state index contributed by atoms with van der Waals surface area (Å²) in [5.41, 5.74) is 1.09. The zero-order chi connectivity index (χ0) is 16.1. The Hall–Kier alpha value is -0.320. The summed E-state index contributed by atoms with van der Waals surface area (Å²) < 4.78 is 6.06. The van der Waals surface area contributed by atoms with Crippen LogP contribution < -0.4 is 5.32 Å². The van der Waals surface area contributed by atoms with Crippen LogP contribution in [-0.2, 0) is 11.3 Å². The summed E-state index contributed by atoms with van der Waals surface area (Å²) in [5, 5.41) is 4.71. The quantitative estimate of drug-likeness (QED) is 0.863. The van der Waals surface area contributed by atoms with Gasteiger partial charge in [-0.15, -0.1) is 0 Å². The molecular formula is C18H26Cl2N2O. The SMILES string of the molecule is Clc1ccc(COC2CCN(CC3CCCNC3)CC2)cc1Cl. The van der Waals surface area contributed by atoms with Crippen molar-refractivity contribution in [3.63, 3.8) is 0 Å². The molecule has 0 saturated carbocycles. The number of nitrogens with one attached hydrogen (secondary N) is 1. The zero-order valence-corrected chi connectivity index (χ0v) is 15.1. The van der Waals surface area contributed by atoms with Gasteiger partial charge in [0.15, 0.2) is 0 Å². The predicted octanol–water partition coefficient (Wildman–Crippen LogP) is 3.97. The van der Waals surface area contributed by atoms with Gasteiger partial charge in [0.05, 0.1) is 22.8 Å². The molecule has 0 radical (unpaired) electrons. The van der Waals surface area contributed by atoms with Crippen molar-refractivity contribution in [2.75, 3.05) is 32.7 Å². The minimum Gasteiger partial charge on any atom is -0.373 e. The van der Waals surface area contributed by atoms with Gasteiger partial charge in [-0.25, -0.2) is 0 Å². The third-order valence-electron chi connectivity index (χ3n) is 4.92. The molecule has 1 aromatic rings. The Balaban J connectivity index is 1.37. The molecule has 128 valence electrons. The number of halogens is 2. The molecule has 0 aliphatic carbocycles. The van der Waals surface area contributed by atoms with Crippen molar-refractivity contribution in [3.8, 4) is 0 Å². The van der Waals surface area contributed by atoms with Crippen molar-refractivity contribution in [2.45, 2.75) is 38.4 Å². The highest BCUT2D eigenvalue weighted by molar-refractivity contribution is 6.42. The minimum atomic E-state index is 0.366. The molecule has 0 amide bonds. The molecule has 2 aliphatic heterocycles. The highest BCUT2D eigenvalue weighted by Crippen LogP contribution is 2.24. The number of nitrogens with zero attached hydrogens (tertiary/aromatic N) is 1. The van der Waals surface area contributed by atoms with Crippen LogP contribution in [0, 0.1) is 5.92 Å². The van der Waals surface area contributed by atoms with Gasteiger partial charge >= 0.3 is 0 Å². The fraction of sp³-hybridized carbons (Fsp3) is 0.667. The third kappa shape index (κ3) is 5.33. The Morgan fingerprint density at radius 1 is 1.13 bits per heavy atom. The van der Waals surface area contributed by atoms with E-state index >= 15 is 0 Å². The molecule has 0 aromatic heterocycles. The van der Waals surface area contributed by atoms with Gasteiger partial charge < -0.3 is 15.0 Å². The maximum absolute atomic E-state index is 6.06. The summed E-state index contributed by atoms with van der Waals surface area (Å²) in [6.07, 6.45) is 5.32. The fourth-order valence-corrected chi connectivity index (χ4v) is 3.87. The van der Waals surface area contributed by atoms with E-state index in [1.807, 2.05) is 18.2 Å². The van der Waals surface area contributed by atoms with Crippen LogP contribution in [0.15, 0.2) is 18.2 Å². The second-order valence-corrected chi connectivity index (χ2v) is 7.59. The monoisotopic (exact) mass is 356 g/mol. The van der Waals surface area contributed by atoms with Crippen molar-refractivity contribution in [2.24, 2.45) is 5.92 Å². The van der Waals surface area contributed by atoms with E-state index in [1.54, 1.807) is 0 Å². The van der Waals surface area contributed by atoms with Crippen LogP contribution in [0.2, 0.25) is 10.0 Å². The molecule has 3 nitrogen and oxygen atoms in total. The van der Waals surface area contributed by atoms with Crippen molar-refractivity contribution >= 4 is 23.2 Å². The summed E-state index contributed by atoms with van der Waals surface area (Å²) in [7, 11) is 0. The van der Waals surface area contributed by atoms with E-state index in [0.717, 1.165) is 37.4 Å². The summed E-state index contributed by atoms with van der Waals surface area (Å²) in [5.74, 6) is 0.831. The van der Waals surface area contributed by atoms with Gasteiger partial charge in [0.1, 0.15) is 0 Å². The lowest BCUT2D eigenvalue weighted by molar-refractivity contribution is -0.00560. The number of hydrogen-bond acceptors (Lipinski definition) is 3. The van der Waals surface area contributed by atoms with E-state index in [-0.39, 0.29) is 0 Å². The number of rotatable bonds is 5. The Morgan fingerprint density at radius 3 is 2.65 bits per heavy atom. The van der Waals surface area contributed by atoms with Crippen LogP contribution >= 0.6 is 23.2 Å². The Bertz CT molecular complexity index is 498. The highest BCUT2D eigenvalue weighted by Gasteiger charge is 2.23. The van der Waals surface area contributed by atoms with Crippen LogP contribution in [0.4, 0.5) is 0 Å². The van der Waals surface area contributed by atoms with E-state index in [9.17, 15) is 0 Å². The number of hydrogen-bond donors (Lipinski definition) is 1. The van der Waals surface area contributed by atoms with E-state index in [4.69, 9.17) is 27.9 Å². The first-order valence-electron chi connectivity index (χ1n) is 8.69. The molecular weight excluding hydrogens is 331 g/mol. The zero-order valence-electron chi connectivity index (χ0n) is 13.6. The first-order valence-corrected chi connectivity index (χ1v) is 9.45. The average Bonchev–Trinajstić information content (AvgIpc) is 2.58. The second kappa shape index (κ2) is 8.68. The molecule has 0 bridgehead atoms. The van der Waals surface area contributed by atoms with Crippen LogP contribution in [0.3, 0.4) is 0 Å². The normalized spacial score (nSPS) is 24.0. The maximum Gasteiger partial charge on any atom is 0.0721 e. The lowest BCUT2D eigenvalue weighted by atomic mass is 9.97. The lowest BCUT2D eigenvalue weighted by Crippen LogP contribution is -2.43. The molecule has 1 aromatic carbocycles. The summed E-state index contributed by atoms with van der Waals surface area (Å²) in [6.45, 7) is 6.56. The van der Waals surface area contributed by atoms with Crippen molar-refractivity contribution in [3.05, 3.63) is 33.8 Å². The van der Waals surface area contributed by atoms with Crippen LogP contribution in [0.5, 0.6) is 0 Å².